The quantitative estimate of drug-likeness (QED) is 0.580. The summed E-state index contributed by atoms with van der Waals surface area (Å²) in [5.74, 6) is -2.46. The second kappa shape index (κ2) is 6.34. The van der Waals surface area contributed by atoms with E-state index in [1.54, 1.807) is 20.8 Å². The summed E-state index contributed by atoms with van der Waals surface area (Å²) >= 11 is 0. The van der Waals surface area contributed by atoms with Crippen molar-refractivity contribution in [2.24, 2.45) is 5.73 Å². The predicted octanol–water partition coefficient (Wildman–Crippen LogP) is -0.365. The monoisotopic (exact) mass is 260 g/mol. The minimum absolute atomic E-state index is 0.313. The van der Waals surface area contributed by atoms with Crippen molar-refractivity contribution in [2.75, 3.05) is 0 Å². The summed E-state index contributed by atoms with van der Waals surface area (Å²) in [5, 5.41) is 10.8. The molecule has 0 aromatic rings. The Labute approximate surface area is 106 Å². The van der Waals surface area contributed by atoms with E-state index in [2.05, 4.69) is 5.32 Å². The molecule has 4 N–H and O–H groups in total. The second-order valence-corrected chi connectivity index (χ2v) is 4.97. The van der Waals surface area contributed by atoms with Gasteiger partial charge < -0.3 is 20.9 Å². The maximum atomic E-state index is 11.5. The van der Waals surface area contributed by atoms with Crippen molar-refractivity contribution in [2.45, 2.75) is 51.8 Å². The van der Waals surface area contributed by atoms with Crippen LogP contribution in [0.25, 0.3) is 0 Å². The number of carboxylic acids is 1. The molecule has 0 aliphatic rings. The van der Waals surface area contributed by atoms with Gasteiger partial charge in [0, 0.05) is 0 Å². The minimum atomic E-state index is -1.16. The topological polar surface area (TPSA) is 119 Å². The van der Waals surface area contributed by atoms with Gasteiger partial charge in [-0.1, -0.05) is 0 Å². The molecular weight excluding hydrogens is 240 g/mol. The molecule has 0 aliphatic carbocycles. The van der Waals surface area contributed by atoms with Gasteiger partial charge in [-0.25, -0.2) is 0 Å². The molecule has 2 unspecified atom stereocenters. The van der Waals surface area contributed by atoms with Crippen LogP contribution >= 0.6 is 0 Å². The average molecular weight is 260 g/mol. The lowest BCUT2D eigenvalue weighted by atomic mass is 10.1. The summed E-state index contributed by atoms with van der Waals surface area (Å²) in [6.45, 7) is 6.37. The number of rotatable bonds is 5. The molecular formula is C11H20N2O5. The van der Waals surface area contributed by atoms with Gasteiger partial charge in [0.15, 0.2) is 0 Å². The van der Waals surface area contributed by atoms with E-state index in [4.69, 9.17) is 15.6 Å². The van der Waals surface area contributed by atoms with E-state index in [0.29, 0.717) is 0 Å². The standard InChI is InChI=1S/C11H20N2O5/c1-6(9(15)16)13-8(14)5-7(12)10(17)18-11(2,3)4/h6-7H,5,12H2,1-4H3,(H,13,14)(H,15,16). The molecule has 0 rings (SSSR count). The van der Waals surface area contributed by atoms with E-state index in [9.17, 15) is 14.4 Å². The molecule has 0 spiro atoms. The molecule has 0 saturated carbocycles. The molecule has 0 saturated heterocycles. The molecule has 18 heavy (non-hydrogen) atoms. The zero-order valence-corrected chi connectivity index (χ0v) is 11.0. The van der Waals surface area contributed by atoms with Crippen LogP contribution in [0, 0.1) is 0 Å². The number of nitrogens with two attached hydrogens (primary N) is 1. The third kappa shape index (κ3) is 6.85. The SMILES string of the molecule is CC(NC(=O)CC(N)C(=O)OC(C)(C)C)C(=O)O. The van der Waals surface area contributed by atoms with Crippen LogP contribution in [0.3, 0.4) is 0 Å². The number of carbonyl (C=O) groups excluding carboxylic acids is 2. The number of amides is 1. The van der Waals surface area contributed by atoms with Crippen molar-refractivity contribution in [3.05, 3.63) is 0 Å². The number of aliphatic carboxylic acids is 1. The number of hydrogen-bond acceptors (Lipinski definition) is 5. The Bertz CT molecular complexity index is 335. The summed E-state index contributed by atoms with van der Waals surface area (Å²) in [6, 6.07) is -2.13. The van der Waals surface area contributed by atoms with Crippen LogP contribution in [0.4, 0.5) is 0 Å². The number of ether oxygens (including phenoxy) is 1. The van der Waals surface area contributed by atoms with E-state index in [1.165, 1.54) is 6.92 Å². The van der Waals surface area contributed by atoms with Crippen molar-refractivity contribution >= 4 is 17.8 Å². The Balaban J connectivity index is 4.23. The van der Waals surface area contributed by atoms with Crippen LogP contribution < -0.4 is 11.1 Å². The Kier molecular flexibility index (Phi) is 5.77. The van der Waals surface area contributed by atoms with Gasteiger partial charge in [-0.15, -0.1) is 0 Å². The molecule has 0 bridgehead atoms. The predicted molar refractivity (Wildman–Crippen MR) is 63.7 cm³/mol. The highest BCUT2D eigenvalue weighted by atomic mass is 16.6. The molecule has 0 fully saturated rings. The number of hydrogen-bond donors (Lipinski definition) is 3. The van der Waals surface area contributed by atoms with E-state index in [-0.39, 0.29) is 6.42 Å². The molecule has 1 amide bonds. The number of nitrogens with one attached hydrogen (secondary N) is 1. The molecule has 0 aromatic heterocycles. The first-order valence-electron chi connectivity index (χ1n) is 5.53. The van der Waals surface area contributed by atoms with Gasteiger partial charge in [0.25, 0.3) is 0 Å². The zero-order chi connectivity index (χ0) is 14.5. The normalized spacial score (nSPS) is 14.5. The summed E-state index contributed by atoms with van der Waals surface area (Å²) in [5.41, 5.74) is 4.81. The van der Waals surface area contributed by atoms with Crippen molar-refractivity contribution in [1.82, 2.24) is 5.32 Å². The Morgan fingerprint density at radius 1 is 1.33 bits per heavy atom. The van der Waals surface area contributed by atoms with E-state index in [0.717, 1.165) is 0 Å². The lowest BCUT2D eigenvalue weighted by Gasteiger charge is -2.22. The van der Waals surface area contributed by atoms with E-state index >= 15 is 0 Å². The smallest absolute Gasteiger partial charge is 0.325 e. The molecule has 7 heteroatoms. The van der Waals surface area contributed by atoms with Gasteiger partial charge in [0.05, 0.1) is 6.42 Å². The van der Waals surface area contributed by atoms with Crippen molar-refractivity contribution in [3.63, 3.8) is 0 Å². The summed E-state index contributed by atoms with van der Waals surface area (Å²) in [4.78, 5) is 33.4. The highest BCUT2D eigenvalue weighted by molar-refractivity contribution is 5.87. The lowest BCUT2D eigenvalue weighted by Crippen LogP contribution is -2.44. The van der Waals surface area contributed by atoms with Crippen LogP contribution in [0.2, 0.25) is 0 Å². The molecule has 0 aromatic carbocycles. The van der Waals surface area contributed by atoms with Crippen molar-refractivity contribution in [1.29, 1.82) is 0 Å². The Hall–Kier alpha value is -1.63. The lowest BCUT2D eigenvalue weighted by molar-refractivity contribution is -0.157. The van der Waals surface area contributed by atoms with E-state index in [1.807, 2.05) is 0 Å². The molecule has 2 atom stereocenters. The first-order valence-corrected chi connectivity index (χ1v) is 5.53. The summed E-state index contributed by atoms with van der Waals surface area (Å²) in [7, 11) is 0. The van der Waals surface area contributed by atoms with Crippen LogP contribution in [0.5, 0.6) is 0 Å². The van der Waals surface area contributed by atoms with Crippen LogP contribution in [-0.2, 0) is 19.1 Å². The fourth-order valence-corrected chi connectivity index (χ4v) is 1.02. The van der Waals surface area contributed by atoms with Gasteiger partial charge in [-0.3, -0.25) is 14.4 Å². The van der Waals surface area contributed by atoms with E-state index < -0.39 is 35.5 Å². The van der Waals surface area contributed by atoms with Crippen LogP contribution in [-0.4, -0.2) is 40.6 Å². The highest BCUT2D eigenvalue weighted by Crippen LogP contribution is 2.08. The van der Waals surface area contributed by atoms with Crippen LogP contribution in [0.15, 0.2) is 0 Å². The molecule has 104 valence electrons. The third-order valence-electron chi connectivity index (χ3n) is 1.86. The fourth-order valence-electron chi connectivity index (χ4n) is 1.02. The molecule has 0 radical (unpaired) electrons. The first-order chi connectivity index (χ1) is 8.03. The van der Waals surface area contributed by atoms with Crippen LogP contribution in [0.1, 0.15) is 34.1 Å². The highest BCUT2D eigenvalue weighted by Gasteiger charge is 2.25. The van der Waals surface area contributed by atoms with Crippen molar-refractivity contribution in [3.8, 4) is 0 Å². The van der Waals surface area contributed by atoms with Gasteiger partial charge in [-0.05, 0) is 27.7 Å². The van der Waals surface area contributed by atoms with Crippen molar-refractivity contribution < 1.29 is 24.2 Å². The number of carboxylic acid groups (broad SMARTS) is 1. The largest absolute Gasteiger partial charge is 0.480 e. The maximum absolute atomic E-state index is 11.5. The molecule has 0 heterocycles. The van der Waals surface area contributed by atoms with Gasteiger partial charge in [-0.2, -0.15) is 0 Å². The van der Waals surface area contributed by atoms with Gasteiger partial charge in [0.1, 0.15) is 17.7 Å². The number of esters is 1. The average Bonchev–Trinajstić information content (AvgIpc) is 2.14. The number of carbonyl (C=O) groups is 3. The summed E-state index contributed by atoms with van der Waals surface area (Å²) < 4.78 is 4.99. The maximum Gasteiger partial charge on any atom is 0.325 e. The minimum Gasteiger partial charge on any atom is -0.480 e. The first kappa shape index (κ1) is 16.4. The Morgan fingerprint density at radius 2 is 1.83 bits per heavy atom. The third-order valence-corrected chi connectivity index (χ3v) is 1.86. The zero-order valence-electron chi connectivity index (χ0n) is 11.0. The Morgan fingerprint density at radius 3 is 2.22 bits per heavy atom. The fraction of sp³-hybridized carbons (Fsp3) is 0.727. The second-order valence-electron chi connectivity index (χ2n) is 4.97. The summed E-state index contributed by atoms with van der Waals surface area (Å²) in [6.07, 6.45) is -0.313. The molecule has 0 aliphatic heterocycles. The van der Waals surface area contributed by atoms with Gasteiger partial charge in [0.2, 0.25) is 5.91 Å². The molecule has 7 nitrogen and oxygen atoms in total. The van der Waals surface area contributed by atoms with Gasteiger partial charge >= 0.3 is 11.9 Å².